The minimum absolute atomic E-state index is 0.100. The molecule has 1 fully saturated rings. The van der Waals surface area contributed by atoms with Crippen molar-refractivity contribution in [1.29, 1.82) is 0 Å². The molecule has 0 atom stereocenters. The first-order valence-corrected chi connectivity index (χ1v) is 8.29. The second-order valence-electron chi connectivity index (χ2n) is 6.06. The Bertz CT molecular complexity index is 659. The van der Waals surface area contributed by atoms with Gasteiger partial charge in [0.05, 0.1) is 10.2 Å². The van der Waals surface area contributed by atoms with Gasteiger partial charge >= 0.3 is 0 Å². The molecule has 2 N–H and O–H groups in total. The SMILES string of the molecule is CC1CCC(N(C)C(=O)c2ccc3nc(N)sc3c2)CC1. The second-order valence-corrected chi connectivity index (χ2v) is 7.13. The topological polar surface area (TPSA) is 59.2 Å². The van der Waals surface area contributed by atoms with E-state index in [-0.39, 0.29) is 5.91 Å². The van der Waals surface area contributed by atoms with Crippen LogP contribution in [-0.2, 0) is 0 Å². The average molecular weight is 303 g/mol. The predicted molar refractivity (Wildman–Crippen MR) is 87.5 cm³/mol. The van der Waals surface area contributed by atoms with Crippen molar-refractivity contribution in [3.63, 3.8) is 0 Å². The van der Waals surface area contributed by atoms with Crippen molar-refractivity contribution in [2.45, 2.75) is 38.6 Å². The van der Waals surface area contributed by atoms with Gasteiger partial charge < -0.3 is 10.6 Å². The molecule has 0 spiro atoms. The molecule has 1 amide bonds. The van der Waals surface area contributed by atoms with E-state index in [1.54, 1.807) is 0 Å². The molecule has 1 aliphatic rings. The Kier molecular flexibility index (Phi) is 3.85. The van der Waals surface area contributed by atoms with Crippen molar-refractivity contribution in [1.82, 2.24) is 9.88 Å². The average Bonchev–Trinajstić information content (AvgIpc) is 2.85. The third kappa shape index (κ3) is 2.88. The van der Waals surface area contributed by atoms with Crippen LogP contribution in [-0.4, -0.2) is 28.9 Å². The van der Waals surface area contributed by atoms with Gasteiger partial charge in [0.1, 0.15) is 0 Å². The number of nitrogen functional groups attached to an aromatic ring is 1. The van der Waals surface area contributed by atoms with E-state index >= 15 is 0 Å². The molecule has 3 rings (SSSR count). The Balaban J connectivity index is 1.79. The largest absolute Gasteiger partial charge is 0.375 e. The molecule has 0 aliphatic heterocycles. The summed E-state index contributed by atoms with van der Waals surface area (Å²) in [6.45, 7) is 2.29. The summed E-state index contributed by atoms with van der Waals surface area (Å²) in [6.07, 6.45) is 4.65. The van der Waals surface area contributed by atoms with Crippen molar-refractivity contribution in [2.75, 3.05) is 12.8 Å². The van der Waals surface area contributed by atoms with Crippen LogP contribution in [0.3, 0.4) is 0 Å². The highest BCUT2D eigenvalue weighted by atomic mass is 32.1. The van der Waals surface area contributed by atoms with E-state index in [1.165, 1.54) is 24.2 Å². The standard InChI is InChI=1S/C16H21N3OS/c1-10-3-6-12(7-4-10)19(2)15(20)11-5-8-13-14(9-11)21-16(17)18-13/h5,8-10,12H,3-4,6-7H2,1-2H3,(H2,17,18). The number of amides is 1. The summed E-state index contributed by atoms with van der Waals surface area (Å²) in [7, 11) is 1.92. The van der Waals surface area contributed by atoms with Gasteiger partial charge in [-0.2, -0.15) is 0 Å². The Morgan fingerprint density at radius 2 is 2.05 bits per heavy atom. The van der Waals surface area contributed by atoms with Crippen molar-refractivity contribution in [2.24, 2.45) is 5.92 Å². The molecular formula is C16H21N3OS. The molecule has 0 bridgehead atoms. The highest BCUT2D eigenvalue weighted by molar-refractivity contribution is 7.22. The minimum Gasteiger partial charge on any atom is -0.375 e. The van der Waals surface area contributed by atoms with Gasteiger partial charge in [0.2, 0.25) is 0 Å². The van der Waals surface area contributed by atoms with Gasteiger partial charge in [0.15, 0.2) is 5.13 Å². The summed E-state index contributed by atoms with van der Waals surface area (Å²) in [4.78, 5) is 18.8. The zero-order valence-electron chi connectivity index (χ0n) is 12.5. The van der Waals surface area contributed by atoms with Crippen LogP contribution in [0.1, 0.15) is 43.0 Å². The van der Waals surface area contributed by atoms with Gasteiger partial charge in [-0.15, -0.1) is 0 Å². The number of benzene rings is 1. The molecule has 21 heavy (non-hydrogen) atoms. The molecule has 112 valence electrons. The van der Waals surface area contributed by atoms with Gasteiger partial charge in [0, 0.05) is 18.7 Å². The van der Waals surface area contributed by atoms with E-state index in [4.69, 9.17) is 5.73 Å². The highest BCUT2D eigenvalue weighted by Gasteiger charge is 2.25. The maximum absolute atomic E-state index is 12.7. The summed E-state index contributed by atoms with van der Waals surface area (Å²) in [5.74, 6) is 0.893. The van der Waals surface area contributed by atoms with Crippen LogP contribution in [0.25, 0.3) is 10.2 Å². The fourth-order valence-electron chi connectivity index (χ4n) is 3.07. The fourth-order valence-corrected chi connectivity index (χ4v) is 3.85. The number of hydrogen-bond acceptors (Lipinski definition) is 4. The number of fused-ring (bicyclic) bond motifs is 1. The number of carbonyl (C=O) groups excluding carboxylic acids is 1. The van der Waals surface area contributed by atoms with Crippen molar-refractivity contribution < 1.29 is 4.79 Å². The first kappa shape index (κ1) is 14.3. The van der Waals surface area contributed by atoms with Crippen LogP contribution in [0.4, 0.5) is 5.13 Å². The van der Waals surface area contributed by atoms with Gasteiger partial charge in [-0.1, -0.05) is 18.3 Å². The van der Waals surface area contributed by atoms with Gasteiger partial charge in [0.25, 0.3) is 5.91 Å². The van der Waals surface area contributed by atoms with Gasteiger partial charge in [-0.3, -0.25) is 4.79 Å². The number of thiazole rings is 1. The number of aromatic nitrogens is 1. The molecule has 4 nitrogen and oxygen atoms in total. The van der Waals surface area contributed by atoms with Gasteiger partial charge in [-0.05, 0) is 49.8 Å². The van der Waals surface area contributed by atoms with E-state index < -0.39 is 0 Å². The van der Waals surface area contributed by atoms with Crippen molar-refractivity contribution in [3.05, 3.63) is 23.8 Å². The fraction of sp³-hybridized carbons (Fsp3) is 0.500. The maximum atomic E-state index is 12.7. The molecule has 1 aromatic heterocycles. The smallest absolute Gasteiger partial charge is 0.253 e. The molecule has 2 aromatic rings. The van der Waals surface area contributed by atoms with E-state index in [0.29, 0.717) is 11.2 Å². The summed E-state index contributed by atoms with van der Waals surface area (Å²) in [6, 6.07) is 6.02. The first-order valence-electron chi connectivity index (χ1n) is 7.48. The van der Waals surface area contributed by atoms with E-state index in [9.17, 15) is 4.79 Å². The highest BCUT2D eigenvalue weighted by Crippen LogP contribution is 2.28. The number of nitrogens with zero attached hydrogens (tertiary/aromatic N) is 2. The summed E-state index contributed by atoms with van der Waals surface area (Å²) >= 11 is 1.43. The Morgan fingerprint density at radius 3 is 2.76 bits per heavy atom. The van der Waals surface area contributed by atoms with Crippen LogP contribution in [0.5, 0.6) is 0 Å². The van der Waals surface area contributed by atoms with Crippen molar-refractivity contribution >= 4 is 32.6 Å². The molecular weight excluding hydrogens is 282 g/mol. The van der Waals surface area contributed by atoms with Crippen LogP contribution in [0.2, 0.25) is 0 Å². The predicted octanol–water partition coefficient (Wildman–Crippen LogP) is 3.53. The number of anilines is 1. The number of carbonyl (C=O) groups is 1. The van der Waals surface area contributed by atoms with E-state index in [2.05, 4.69) is 11.9 Å². The third-order valence-electron chi connectivity index (χ3n) is 4.51. The molecule has 1 saturated carbocycles. The maximum Gasteiger partial charge on any atom is 0.253 e. The molecule has 1 aliphatic carbocycles. The van der Waals surface area contributed by atoms with E-state index in [0.717, 1.165) is 34.5 Å². The zero-order valence-corrected chi connectivity index (χ0v) is 13.3. The monoisotopic (exact) mass is 303 g/mol. The molecule has 1 heterocycles. The number of nitrogens with two attached hydrogens (primary N) is 1. The first-order chi connectivity index (χ1) is 10.0. The third-order valence-corrected chi connectivity index (χ3v) is 5.35. The number of rotatable bonds is 2. The second kappa shape index (κ2) is 5.64. The lowest BCUT2D eigenvalue weighted by atomic mass is 9.86. The van der Waals surface area contributed by atoms with Gasteiger partial charge in [-0.25, -0.2) is 4.98 Å². The lowest BCUT2D eigenvalue weighted by Crippen LogP contribution is -2.39. The van der Waals surface area contributed by atoms with Crippen molar-refractivity contribution in [3.8, 4) is 0 Å². The molecule has 0 unspecified atom stereocenters. The molecule has 1 aromatic carbocycles. The van der Waals surface area contributed by atoms with Crippen LogP contribution in [0.15, 0.2) is 18.2 Å². The minimum atomic E-state index is 0.100. The molecule has 0 radical (unpaired) electrons. The lowest BCUT2D eigenvalue weighted by molar-refractivity contribution is 0.0679. The summed E-state index contributed by atoms with van der Waals surface area (Å²) in [5, 5.41) is 0.546. The summed E-state index contributed by atoms with van der Waals surface area (Å²) < 4.78 is 0.976. The number of hydrogen-bond donors (Lipinski definition) is 1. The molecule has 5 heteroatoms. The van der Waals surface area contributed by atoms with E-state index in [1.807, 2.05) is 30.1 Å². The lowest BCUT2D eigenvalue weighted by Gasteiger charge is -2.33. The summed E-state index contributed by atoms with van der Waals surface area (Å²) in [5.41, 5.74) is 7.31. The zero-order chi connectivity index (χ0) is 15.0. The molecule has 0 saturated heterocycles. The Morgan fingerprint density at radius 1 is 1.33 bits per heavy atom. The Labute approximate surface area is 129 Å². The van der Waals surface area contributed by atoms with Crippen LogP contribution >= 0.6 is 11.3 Å². The quantitative estimate of drug-likeness (QED) is 0.923. The normalized spacial score (nSPS) is 22.4. The van der Waals surface area contributed by atoms with Crippen LogP contribution in [0, 0.1) is 5.92 Å². The van der Waals surface area contributed by atoms with Crippen LogP contribution < -0.4 is 5.73 Å². The Hall–Kier alpha value is -1.62.